The van der Waals surface area contributed by atoms with Crippen LogP contribution in [0, 0.1) is 0 Å². The second-order valence-corrected chi connectivity index (χ2v) is 7.61. The molecule has 0 aliphatic heterocycles. The number of thiophene rings is 1. The predicted molar refractivity (Wildman–Crippen MR) is 105 cm³/mol. The molecule has 1 amide bonds. The highest BCUT2D eigenvalue weighted by Crippen LogP contribution is 2.35. The molecule has 0 bridgehead atoms. The Morgan fingerprint density at radius 2 is 2.12 bits per heavy atom. The van der Waals surface area contributed by atoms with Gasteiger partial charge in [0.05, 0.1) is 18.3 Å². The average molecular weight is 385 g/mol. The van der Waals surface area contributed by atoms with Crippen LogP contribution in [0.1, 0.15) is 21.6 Å². The van der Waals surface area contributed by atoms with Gasteiger partial charge in [-0.25, -0.2) is 4.98 Å². The summed E-state index contributed by atoms with van der Waals surface area (Å²) in [4.78, 5) is 18.4. The number of hydrogen-bond donors (Lipinski definition) is 2. The van der Waals surface area contributed by atoms with Crippen LogP contribution >= 0.6 is 22.7 Å². The number of aromatic nitrogens is 3. The number of nitrogens with two attached hydrogens (primary N) is 1. The summed E-state index contributed by atoms with van der Waals surface area (Å²) in [6.45, 7) is 1.99. The van der Waals surface area contributed by atoms with Crippen molar-refractivity contribution in [3.8, 4) is 5.75 Å². The van der Waals surface area contributed by atoms with E-state index in [-0.39, 0.29) is 5.91 Å². The van der Waals surface area contributed by atoms with E-state index in [1.165, 1.54) is 22.7 Å². The molecular weight excluding hydrogens is 370 g/mol. The number of nitrogen functional groups attached to an aromatic ring is 1. The molecule has 3 N–H and O–H groups in total. The van der Waals surface area contributed by atoms with Gasteiger partial charge in [-0.2, -0.15) is 0 Å². The zero-order valence-electron chi connectivity index (χ0n) is 14.1. The number of carbonyl (C=O) groups is 1. The average Bonchev–Trinajstić information content (AvgIpc) is 3.24. The molecule has 0 aliphatic carbocycles. The van der Waals surface area contributed by atoms with Crippen molar-refractivity contribution in [1.82, 2.24) is 15.2 Å². The largest absolute Gasteiger partial charge is 0.497 e. The first kappa shape index (κ1) is 16.7. The Morgan fingerprint density at radius 1 is 1.27 bits per heavy atom. The van der Waals surface area contributed by atoms with Gasteiger partial charge in [0, 0.05) is 10.8 Å². The van der Waals surface area contributed by atoms with Gasteiger partial charge in [0.2, 0.25) is 5.13 Å². The summed E-state index contributed by atoms with van der Waals surface area (Å²) in [6, 6.07) is 7.57. The third-order valence-corrected chi connectivity index (χ3v) is 6.01. The van der Waals surface area contributed by atoms with E-state index in [0.717, 1.165) is 38.3 Å². The zero-order chi connectivity index (χ0) is 18.3. The maximum atomic E-state index is 12.6. The molecule has 0 unspecified atom stereocenters. The van der Waals surface area contributed by atoms with Crippen LogP contribution in [-0.4, -0.2) is 28.2 Å². The number of methoxy groups -OCH3 is 1. The second kappa shape index (κ2) is 6.50. The van der Waals surface area contributed by atoms with E-state index in [2.05, 4.69) is 20.5 Å². The first-order chi connectivity index (χ1) is 12.6. The van der Waals surface area contributed by atoms with E-state index < -0.39 is 0 Å². The molecular formula is C17H15N5O2S2. The summed E-state index contributed by atoms with van der Waals surface area (Å²) in [6.07, 6.45) is 0.776. The molecule has 0 radical (unpaired) electrons. The maximum absolute atomic E-state index is 12.6. The third-order valence-electron chi connectivity index (χ3n) is 3.92. The lowest BCUT2D eigenvalue weighted by atomic mass is 10.1. The van der Waals surface area contributed by atoms with Gasteiger partial charge in [-0.1, -0.05) is 18.3 Å². The lowest BCUT2D eigenvalue weighted by molar-refractivity contribution is 0.103. The SMILES string of the molecule is CCc1nnc(NC(=O)c2sc3nc4ccc(OC)cc4cc3c2N)s1. The normalized spacial score (nSPS) is 11.2. The molecule has 4 aromatic rings. The van der Waals surface area contributed by atoms with Crippen molar-refractivity contribution >= 4 is 60.5 Å². The number of hydrogen-bond acceptors (Lipinski definition) is 8. The van der Waals surface area contributed by atoms with E-state index in [1.807, 2.05) is 31.2 Å². The molecule has 0 fully saturated rings. The smallest absolute Gasteiger partial charge is 0.269 e. The molecule has 0 saturated carbocycles. The number of aryl methyl sites for hydroxylation is 1. The number of rotatable bonds is 4. The highest BCUT2D eigenvalue weighted by atomic mass is 32.1. The molecule has 3 aromatic heterocycles. The Kier molecular flexibility index (Phi) is 4.17. The molecule has 132 valence electrons. The van der Waals surface area contributed by atoms with Gasteiger partial charge in [0.25, 0.3) is 5.91 Å². The zero-order valence-corrected chi connectivity index (χ0v) is 15.7. The van der Waals surface area contributed by atoms with Crippen molar-refractivity contribution in [2.75, 3.05) is 18.2 Å². The molecule has 0 atom stereocenters. The molecule has 7 nitrogen and oxygen atoms in total. The van der Waals surface area contributed by atoms with Crippen LogP contribution in [0.25, 0.3) is 21.1 Å². The van der Waals surface area contributed by atoms with Crippen LogP contribution in [-0.2, 0) is 6.42 Å². The van der Waals surface area contributed by atoms with Gasteiger partial charge < -0.3 is 10.5 Å². The van der Waals surface area contributed by atoms with Crippen LogP contribution in [0.15, 0.2) is 24.3 Å². The quantitative estimate of drug-likeness (QED) is 0.555. The van der Waals surface area contributed by atoms with Crippen molar-refractivity contribution in [3.63, 3.8) is 0 Å². The summed E-state index contributed by atoms with van der Waals surface area (Å²) in [5.74, 6) is 0.444. The minimum Gasteiger partial charge on any atom is -0.497 e. The summed E-state index contributed by atoms with van der Waals surface area (Å²) >= 11 is 2.62. The number of nitrogens with zero attached hydrogens (tertiary/aromatic N) is 3. The van der Waals surface area contributed by atoms with Gasteiger partial charge in [-0.05, 0) is 30.7 Å². The highest BCUT2D eigenvalue weighted by molar-refractivity contribution is 7.21. The fourth-order valence-corrected chi connectivity index (χ4v) is 4.23. The molecule has 1 aromatic carbocycles. The standard InChI is InChI=1S/C17H15N5O2S2/c1-3-12-21-22-17(25-12)20-15(23)14-13(18)10-7-8-6-9(24-2)4-5-11(8)19-16(10)26-14/h4-7H,3,18H2,1-2H3,(H,20,22,23). The van der Waals surface area contributed by atoms with Gasteiger partial charge in [-0.3, -0.25) is 10.1 Å². The van der Waals surface area contributed by atoms with Crippen LogP contribution in [0.2, 0.25) is 0 Å². The van der Waals surface area contributed by atoms with Crippen molar-refractivity contribution in [1.29, 1.82) is 0 Å². The maximum Gasteiger partial charge on any atom is 0.269 e. The number of pyridine rings is 1. The molecule has 0 aliphatic rings. The second-order valence-electron chi connectivity index (χ2n) is 5.55. The first-order valence-electron chi connectivity index (χ1n) is 7.89. The van der Waals surface area contributed by atoms with Crippen LogP contribution in [0.5, 0.6) is 5.75 Å². The van der Waals surface area contributed by atoms with E-state index in [0.29, 0.717) is 15.7 Å². The summed E-state index contributed by atoms with van der Waals surface area (Å²) in [7, 11) is 1.62. The number of benzene rings is 1. The summed E-state index contributed by atoms with van der Waals surface area (Å²) in [5, 5.41) is 13.7. The van der Waals surface area contributed by atoms with Crippen molar-refractivity contribution < 1.29 is 9.53 Å². The first-order valence-corrected chi connectivity index (χ1v) is 9.53. The number of carbonyl (C=O) groups excluding carboxylic acids is 1. The number of ether oxygens (including phenoxy) is 1. The Hall–Kier alpha value is -2.78. The summed E-state index contributed by atoms with van der Waals surface area (Å²) < 4.78 is 5.25. The summed E-state index contributed by atoms with van der Waals surface area (Å²) in [5.41, 5.74) is 7.47. The lowest BCUT2D eigenvalue weighted by Gasteiger charge is -2.02. The molecule has 0 saturated heterocycles. The number of fused-ring (bicyclic) bond motifs is 2. The Labute approximate surface area is 156 Å². The van der Waals surface area contributed by atoms with E-state index in [4.69, 9.17) is 10.5 Å². The molecule has 3 heterocycles. The van der Waals surface area contributed by atoms with Crippen LogP contribution < -0.4 is 15.8 Å². The van der Waals surface area contributed by atoms with Crippen LogP contribution in [0.4, 0.5) is 10.8 Å². The monoisotopic (exact) mass is 385 g/mol. The lowest BCUT2D eigenvalue weighted by Crippen LogP contribution is -2.11. The predicted octanol–water partition coefficient (Wildman–Crippen LogP) is 3.71. The number of amides is 1. The number of nitrogens with one attached hydrogen (secondary N) is 1. The number of anilines is 2. The third kappa shape index (κ3) is 2.85. The van der Waals surface area contributed by atoms with Crippen molar-refractivity contribution in [2.24, 2.45) is 0 Å². The minimum absolute atomic E-state index is 0.300. The Balaban J connectivity index is 1.74. The molecule has 4 rings (SSSR count). The minimum atomic E-state index is -0.300. The highest BCUT2D eigenvalue weighted by Gasteiger charge is 2.19. The molecule has 0 spiro atoms. The van der Waals surface area contributed by atoms with Gasteiger partial charge in [0.15, 0.2) is 0 Å². The van der Waals surface area contributed by atoms with Gasteiger partial charge in [-0.15, -0.1) is 21.5 Å². The van der Waals surface area contributed by atoms with Gasteiger partial charge >= 0.3 is 0 Å². The Bertz CT molecular complexity index is 1140. The topological polar surface area (TPSA) is 103 Å². The molecule has 9 heteroatoms. The van der Waals surface area contributed by atoms with Crippen LogP contribution in [0.3, 0.4) is 0 Å². The van der Waals surface area contributed by atoms with E-state index >= 15 is 0 Å². The van der Waals surface area contributed by atoms with Crippen molar-refractivity contribution in [2.45, 2.75) is 13.3 Å². The van der Waals surface area contributed by atoms with Crippen molar-refractivity contribution in [3.05, 3.63) is 34.2 Å². The fourth-order valence-electron chi connectivity index (χ4n) is 2.58. The molecule has 26 heavy (non-hydrogen) atoms. The van der Waals surface area contributed by atoms with Gasteiger partial charge in [0.1, 0.15) is 20.5 Å². The van der Waals surface area contributed by atoms with E-state index in [9.17, 15) is 4.79 Å². The van der Waals surface area contributed by atoms with E-state index in [1.54, 1.807) is 7.11 Å². The fraction of sp³-hybridized carbons (Fsp3) is 0.176. The Morgan fingerprint density at radius 3 is 2.85 bits per heavy atom.